The maximum absolute atomic E-state index is 14.6. The number of rotatable bonds is 11. The Morgan fingerprint density at radius 3 is 2.00 bits per heavy atom. The summed E-state index contributed by atoms with van der Waals surface area (Å²) in [4.78, 5) is 18.6. The fraction of sp³-hybridized carbons (Fsp3) is 0.390. The van der Waals surface area contributed by atoms with Crippen LogP contribution in [-0.2, 0) is 22.2 Å². The number of methoxy groups -OCH3 is 2. The second-order valence-electron chi connectivity index (χ2n) is 13.6. The number of fused-ring (bicyclic) bond motifs is 1. The molecule has 2 fully saturated rings. The molecule has 0 bridgehead atoms. The predicted octanol–water partition coefficient (Wildman–Crippen LogP) is 5.67. The fourth-order valence-electron chi connectivity index (χ4n) is 8.55. The van der Waals surface area contributed by atoms with Crippen molar-refractivity contribution in [3.8, 4) is 11.5 Å². The van der Waals surface area contributed by atoms with Gasteiger partial charge in [0.2, 0.25) is 5.91 Å². The van der Waals surface area contributed by atoms with Crippen molar-refractivity contribution in [1.29, 1.82) is 0 Å². The highest BCUT2D eigenvalue weighted by atomic mass is 16.5. The van der Waals surface area contributed by atoms with Gasteiger partial charge in [-0.3, -0.25) is 9.69 Å². The molecule has 1 heterocycles. The van der Waals surface area contributed by atoms with Crippen LogP contribution in [0, 0.1) is 11.8 Å². The Morgan fingerprint density at radius 1 is 0.854 bits per heavy atom. The molecule has 2 N–H and O–H groups in total. The van der Waals surface area contributed by atoms with E-state index in [2.05, 4.69) is 48.5 Å². The van der Waals surface area contributed by atoms with Crippen molar-refractivity contribution < 1.29 is 24.5 Å². The summed E-state index contributed by atoms with van der Waals surface area (Å²) in [6.07, 6.45) is 1.57. The predicted molar refractivity (Wildman–Crippen MR) is 188 cm³/mol. The maximum Gasteiger partial charge on any atom is 0.239 e. The van der Waals surface area contributed by atoms with E-state index in [-0.39, 0.29) is 24.3 Å². The molecule has 1 aliphatic heterocycles. The quantitative estimate of drug-likeness (QED) is 0.218. The Hall–Kier alpha value is -4.17. The number of ether oxygens (including phenoxy) is 2. The second kappa shape index (κ2) is 14.1. The average molecular weight is 649 g/mol. The van der Waals surface area contributed by atoms with E-state index in [0.29, 0.717) is 36.6 Å². The molecule has 1 saturated heterocycles. The summed E-state index contributed by atoms with van der Waals surface area (Å²) in [5, 5.41) is 25.4. The van der Waals surface area contributed by atoms with E-state index in [0.717, 1.165) is 24.0 Å². The number of hydrogen-bond donors (Lipinski definition) is 2. The number of benzene rings is 4. The zero-order valence-corrected chi connectivity index (χ0v) is 28.5. The molecule has 1 unspecified atom stereocenters. The van der Waals surface area contributed by atoms with Crippen LogP contribution in [0.4, 0.5) is 0 Å². The first-order valence-corrected chi connectivity index (χ1v) is 17.0. The number of likely N-dealkylation sites (N-methyl/N-ethyl adjacent to an activating group) is 1. The molecule has 4 aromatic carbocycles. The van der Waals surface area contributed by atoms with Gasteiger partial charge in [0.05, 0.1) is 26.4 Å². The number of amides is 1. The van der Waals surface area contributed by atoms with Crippen LogP contribution >= 0.6 is 0 Å². The summed E-state index contributed by atoms with van der Waals surface area (Å²) in [5.41, 5.74) is 1.48. The molecule has 1 saturated carbocycles. The summed E-state index contributed by atoms with van der Waals surface area (Å²) in [5.74, 6) is 0.344. The van der Waals surface area contributed by atoms with Crippen molar-refractivity contribution in [3.63, 3.8) is 0 Å². The van der Waals surface area contributed by atoms with E-state index in [1.165, 1.54) is 5.56 Å². The minimum Gasteiger partial charge on any atom is -0.497 e. The minimum absolute atomic E-state index is 0.0481. The largest absolute Gasteiger partial charge is 0.497 e. The normalized spacial score (nSPS) is 23.8. The number of carbonyl (C=O) groups is 1. The second-order valence-corrected chi connectivity index (χ2v) is 13.6. The zero-order chi connectivity index (χ0) is 33.9. The van der Waals surface area contributed by atoms with Gasteiger partial charge in [0.15, 0.2) is 0 Å². The van der Waals surface area contributed by atoms with Crippen LogP contribution in [0.5, 0.6) is 11.5 Å². The smallest absolute Gasteiger partial charge is 0.239 e. The van der Waals surface area contributed by atoms with Crippen LogP contribution in [0.1, 0.15) is 41.5 Å². The monoisotopic (exact) mass is 648 g/mol. The van der Waals surface area contributed by atoms with E-state index < -0.39 is 23.0 Å². The zero-order valence-electron chi connectivity index (χ0n) is 28.5. The summed E-state index contributed by atoms with van der Waals surface area (Å²) in [6.45, 7) is 0.736. The van der Waals surface area contributed by atoms with Gasteiger partial charge < -0.3 is 24.6 Å². The maximum atomic E-state index is 14.6. The fourth-order valence-corrected chi connectivity index (χ4v) is 8.55. The lowest BCUT2D eigenvalue weighted by Gasteiger charge is -2.55. The van der Waals surface area contributed by atoms with Crippen LogP contribution in [0.15, 0.2) is 109 Å². The van der Waals surface area contributed by atoms with E-state index in [1.54, 1.807) is 32.4 Å². The molecule has 4 aromatic rings. The van der Waals surface area contributed by atoms with Gasteiger partial charge in [-0.15, -0.1) is 0 Å². The van der Waals surface area contributed by atoms with Crippen molar-refractivity contribution in [2.45, 2.75) is 48.8 Å². The molecule has 1 amide bonds. The molecule has 0 radical (unpaired) electrons. The molecule has 252 valence electrons. The van der Waals surface area contributed by atoms with Crippen molar-refractivity contribution in [2.24, 2.45) is 11.8 Å². The molecule has 6 rings (SSSR count). The standard InChI is InChI=1S/C41H48N2O5/c1-42(2)36(22-14-17-29-15-8-5-9-16-29)39(45)43-27-34-35(28-43)41(46,33-25-32(47-3)23-24-37(33)48-4)38(44)26-40(34,30-18-10-6-11-19-30)31-20-12-7-13-21-31/h5-13,15-16,18-21,23-25,34-36,38,44,46H,14,17,22,26-28H2,1-4H3/t34-,35+,36?,38-,41+/m1/s1. The molecule has 2 aliphatic rings. The third kappa shape index (κ3) is 6.00. The highest BCUT2D eigenvalue weighted by Gasteiger charge is 2.65. The van der Waals surface area contributed by atoms with Crippen molar-refractivity contribution in [3.05, 3.63) is 131 Å². The van der Waals surface area contributed by atoms with Gasteiger partial charge >= 0.3 is 0 Å². The van der Waals surface area contributed by atoms with E-state index in [4.69, 9.17) is 9.47 Å². The molecule has 5 atom stereocenters. The van der Waals surface area contributed by atoms with Gasteiger partial charge in [-0.1, -0.05) is 91.0 Å². The van der Waals surface area contributed by atoms with Crippen molar-refractivity contribution in [2.75, 3.05) is 41.4 Å². The van der Waals surface area contributed by atoms with Crippen molar-refractivity contribution in [1.82, 2.24) is 9.80 Å². The molecule has 0 aromatic heterocycles. The van der Waals surface area contributed by atoms with Crippen LogP contribution in [-0.4, -0.2) is 79.5 Å². The summed E-state index contributed by atoms with van der Waals surface area (Å²) in [7, 11) is 7.09. The minimum atomic E-state index is -1.71. The first-order valence-electron chi connectivity index (χ1n) is 17.0. The van der Waals surface area contributed by atoms with Gasteiger partial charge in [0.1, 0.15) is 17.1 Å². The Kier molecular flexibility index (Phi) is 9.93. The number of hydrogen-bond acceptors (Lipinski definition) is 6. The molecule has 0 spiro atoms. The van der Waals surface area contributed by atoms with E-state index in [1.807, 2.05) is 66.4 Å². The molecular formula is C41H48N2O5. The lowest BCUT2D eigenvalue weighted by atomic mass is 9.51. The van der Waals surface area contributed by atoms with Gasteiger partial charge in [0, 0.05) is 30.0 Å². The van der Waals surface area contributed by atoms with Crippen LogP contribution in [0.25, 0.3) is 0 Å². The SMILES string of the molecule is COc1ccc(OC)c([C@@]2(O)[C@H](O)CC(c3ccccc3)(c3ccccc3)[C@@H]3CN(C(=O)C(CCCc4ccccc4)N(C)C)C[C@@H]32)c1. The topological polar surface area (TPSA) is 82.5 Å². The van der Waals surface area contributed by atoms with Gasteiger partial charge in [0.25, 0.3) is 0 Å². The Balaban J connectivity index is 1.44. The third-order valence-corrected chi connectivity index (χ3v) is 11.0. The number of likely N-dealkylation sites (tertiary alicyclic amines) is 1. The number of carbonyl (C=O) groups excluding carboxylic acids is 1. The molecule has 1 aliphatic carbocycles. The number of nitrogens with zero attached hydrogens (tertiary/aromatic N) is 2. The van der Waals surface area contributed by atoms with Crippen LogP contribution in [0.3, 0.4) is 0 Å². The Morgan fingerprint density at radius 2 is 1.44 bits per heavy atom. The number of aryl methyl sites for hydroxylation is 1. The molecular weight excluding hydrogens is 600 g/mol. The van der Waals surface area contributed by atoms with Crippen molar-refractivity contribution >= 4 is 5.91 Å². The molecule has 7 heteroatoms. The summed E-state index contributed by atoms with van der Waals surface area (Å²) < 4.78 is 11.4. The highest BCUT2D eigenvalue weighted by Crippen LogP contribution is 2.60. The van der Waals surface area contributed by atoms with Gasteiger partial charge in [-0.25, -0.2) is 0 Å². The lowest BCUT2D eigenvalue weighted by molar-refractivity contribution is -0.168. The summed E-state index contributed by atoms with van der Waals surface area (Å²) >= 11 is 0. The summed E-state index contributed by atoms with van der Waals surface area (Å²) in [6, 6.07) is 36.0. The van der Waals surface area contributed by atoms with Gasteiger partial charge in [-0.2, -0.15) is 0 Å². The van der Waals surface area contributed by atoms with Crippen LogP contribution in [0.2, 0.25) is 0 Å². The van der Waals surface area contributed by atoms with E-state index in [9.17, 15) is 15.0 Å². The Labute approximate surface area is 284 Å². The third-order valence-electron chi connectivity index (χ3n) is 11.0. The molecule has 48 heavy (non-hydrogen) atoms. The number of aliphatic hydroxyl groups is 2. The lowest BCUT2D eigenvalue weighted by Crippen LogP contribution is -2.60. The average Bonchev–Trinajstić information content (AvgIpc) is 3.59. The molecule has 7 nitrogen and oxygen atoms in total. The van der Waals surface area contributed by atoms with Gasteiger partial charge in [-0.05, 0) is 80.6 Å². The van der Waals surface area contributed by atoms with E-state index >= 15 is 0 Å². The first kappa shape index (κ1) is 33.7. The number of aliphatic hydroxyl groups excluding tert-OH is 1. The Bertz CT molecular complexity index is 1630. The van der Waals surface area contributed by atoms with Crippen LogP contribution < -0.4 is 9.47 Å². The highest BCUT2D eigenvalue weighted by molar-refractivity contribution is 5.82. The first-order chi connectivity index (χ1) is 23.2.